The molecule has 3 unspecified atom stereocenters. The lowest BCUT2D eigenvalue weighted by Crippen LogP contribution is -2.34. The highest BCUT2D eigenvalue weighted by Crippen LogP contribution is 2.24. The summed E-state index contributed by atoms with van der Waals surface area (Å²) >= 11 is 0. The molecule has 3 atom stereocenters. The summed E-state index contributed by atoms with van der Waals surface area (Å²) in [5.74, 6) is 1.63. The Kier molecular flexibility index (Phi) is 3.61. The van der Waals surface area contributed by atoms with E-state index in [0.717, 1.165) is 31.7 Å². The molecule has 0 radical (unpaired) electrons. The molecule has 4 heteroatoms. The van der Waals surface area contributed by atoms with Gasteiger partial charge >= 0.3 is 0 Å². The van der Waals surface area contributed by atoms with Gasteiger partial charge in [0.2, 0.25) is 0 Å². The Bertz CT molecular complexity index is 337. The standard InChI is InChI=1S/C12H21N3O/c1-9-10(5-8-16-9)11(13)3-4-12-14-6-7-15(12)2/h6-7,9-11H,3-5,8,13H2,1-2H3. The van der Waals surface area contributed by atoms with Gasteiger partial charge in [0.1, 0.15) is 5.82 Å². The van der Waals surface area contributed by atoms with Crippen molar-refractivity contribution in [2.24, 2.45) is 18.7 Å². The van der Waals surface area contributed by atoms with E-state index in [0.29, 0.717) is 12.0 Å². The fourth-order valence-electron chi connectivity index (χ4n) is 2.46. The van der Waals surface area contributed by atoms with Crippen LogP contribution in [-0.4, -0.2) is 28.3 Å². The molecule has 1 aromatic rings. The van der Waals surface area contributed by atoms with E-state index in [9.17, 15) is 0 Å². The minimum absolute atomic E-state index is 0.231. The fourth-order valence-corrected chi connectivity index (χ4v) is 2.46. The van der Waals surface area contributed by atoms with Crippen molar-refractivity contribution < 1.29 is 4.74 Å². The molecule has 4 nitrogen and oxygen atoms in total. The van der Waals surface area contributed by atoms with E-state index < -0.39 is 0 Å². The third kappa shape index (κ3) is 2.44. The summed E-state index contributed by atoms with van der Waals surface area (Å²) in [5.41, 5.74) is 6.22. The van der Waals surface area contributed by atoms with Crippen molar-refractivity contribution in [2.45, 2.75) is 38.3 Å². The van der Waals surface area contributed by atoms with E-state index >= 15 is 0 Å². The van der Waals surface area contributed by atoms with Crippen LogP contribution in [0, 0.1) is 5.92 Å². The number of aryl methyl sites for hydroxylation is 2. The molecule has 16 heavy (non-hydrogen) atoms. The Morgan fingerprint density at radius 2 is 2.50 bits per heavy atom. The van der Waals surface area contributed by atoms with Crippen molar-refractivity contribution in [1.82, 2.24) is 9.55 Å². The second-order valence-electron chi connectivity index (χ2n) is 4.69. The first kappa shape index (κ1) is 11.6. The van der Waals surface area contributed by atoms with Gasteiger partial charge in [0, 0.05) is 44.4 Å². The molecule has 2 rings (SSSR count). The Labute approximate surface area is 96.8 Å². The van der Waals surface area contributed by atoms with Gasteiger partial charge in [-0.1, -0.05) is 0 Å². The van der Waals surface area contributed by atoms with Crippen molar-refractivity contribution in [3.05, 3.63) is 18.2 Å². The molecule has 0 saturated carbocycles. The summed E-state index contributed by atoms with van der Waals surface area (Å²) in [6.07, 6.45) is 7.17. The predicted molar refractivity (Wildman–Crippen MR) is 63.0 cm³/mol. The van der Waals surface area contributed by atoms with Gasteiger partial charge in [0.25, 0.3) is 0 Å². The van der Waals surface area contributed by atoms with Crippen LogP contribution in [0.5, 0.6) is 0 Å². The van der Waals surface area contributed by atoms with Crippen molar-refractivity contribution in [3.8, 4) is 0 Å². The first-order valence-electron chi connectivity index (χ1n) is 6.02. The minimum Gasteiger partial charge on any atom is -0.378 e. The normalized spacial score (nSPS) is 27.2. The largest absolute Gasteiger partial charge is 0.378 e. The minimum atomic E-state index is 0.231. The molecular formula is C12H21N3O. The number of ether oxygens (including phenoxy) is 1. The van der Waals surface area contributed by atoms with E-state index in [2.05, 4.69) is 16.5 Å². The first-order chi connectivity index (χ1) is 7.68. The lowest BCUT2D eigenvalue weighted by Gasteiger charge is -2.21. The topological polar surface area (TPSA) is 53.1 Å². The summed E-state index contributed by atoms with van der Waals surface area (Å²) in [6.45, 7) is 2.99. The Balaban J connectivity index is 1.84. The number of rotatable bonds is 4. The number of hydrogen-bond donors (Lipinski definition) is 1. The third-order valence-corrected chi connectivity index (χ3v) is 3.61. The average molecular weight is 223 g/mol. The molecule has 1 fully saturated rings. The predicted octanol–water partition coefficient (Wildman–Crippen LogP) is 1.10. The Morgan fingerprint density at radius 3 is 3.06 bits per heavy atom. The van der Waals surface area contributed by atoms with Crippen LogP contribution < -0.4 is 5.73 Å². The van der Waals surface area contributed by atoms with Crippen LogP contribution in [0.2, 0.25) is 0 Å². The highest BCUT2D eigenvalue weighted by Gasteiger charge is 2.29. The van der Waals surface area contributed by atoms with Crippen LogP contribution in [0.15, 0.2) is 12.4 Å². The highest BCUT2D eigenvalue weighted by atomic mass is 16.5. The van der Waals surface area contributed by atoms with E-state index in [4.69, 9.17) is 10.5 Å². The molecule has 1 aliphatic heterocycles. The Morgan fingerprint density at radius 1 is 1.69 bits per heavy atom. The summed E-state index contributed by atoms with van der Waals surface area (Å²) in [7, 11) is 2.02. The van der Waals surface area contributed by atoms with Gasteiger partial charge in [0.05, 0.1) is 6.10 Å². The van der Waals surface area contributed by atoms with Crippen LogP contribution in [0.25, 0.3) is 0 Å². The molecule has 1 aromatic heterocycles. The van der Waals surface area contributed by atoms with Crippen molar-refractivity contribution in [2.75, 3.05) is 6.61 Å². The third-order valence-electron chi connectivity index (χ3n) is 3.61. The maximum absolute atomic E-state index is 6.22. The first-order valence-corrected chi connectivity index (χ1v) is 6.02. The van der Waals surface area contributed by atoms with E-state index in [1.165, 1.54) is 0 Å². The zero-order chi connectivity index (χ0) is 11.5. The fraction of sp³-hybridized carbons (Fsp3) is 0.750. The van der Waals surface area contributed by atoms with Crippen LogP contribution >= 0.6 is 0 Å². The van der Waals surface area contributed by atoms with E-state index in [1.807, 2.05) is 19.4 Å². The lowest BCUT2D eigenvalue weighted by molar-refractivity contribution is 0.0986. The van der Waals surface area contributed by atoms with Crippen LogP contribution in [0.4, 0.5) is 0 Å². The SMILES string of the molecule is CC1OCCC1C(N)CCc1nccn1C. The molecule has 0 bridgehead atoms. The quantitative estimate of drug-likeness (QED) is 0.831. The van der Waals surface area contributed by atoms with Gasteiger partial charge in [-0.15, -0.1) is 0 Å². The van der Waals surface area contributed by atoms with Crippen molar-refractivity contribution in [3.63, 3.8) is 0 Å². The summed E-state index contributed by atoms with van der Waals surface area (Å²) in [6, 6.07) is 0.231. The second-order valence-corrected chi connectivity index (χ2v) is 4.69. The maximum atomic E-state index is 6.22. The monoisotopic (exact) mass is 223 g/mol. The number of imidazole rings is 1. The Hall–Kier alpha value is -0.870. The lowest BCUT2D eigenvalue weighted by atomic mass is 9.91. The molecule has 1 saturated heterocycles. The summed E-state index contributed by atoms with van der Waals surface area (Å²) in [5, 5.41) is 0. The van der Waals surface area contributed by atoms with Crippen molar-refractivity contribution >= 4 is 0 Å². The van der Waals surface area contributed by atoms with Gasteiger partial charge < -0.3 is 15.0 Å². The maximum Gasteiger partial charge on any atom is 0.108 e. The summed E-state index contributed by atoms with van der Waals surface area (Å²) in [4.78, 5) is 4.31. The molecule has 90 valence electrons. The number of nitrogens with zero attached hydrogens (tertiary/aromatic N) is 2. The van der Waals surface area contributed by atoms with Crippen LogP contribution in [0.3, 0.4) is 0 Å². The van der Waals surface area contributed by atoms with Gasteiger partial charge in [-0.2, -0.15) is 0 Å². The second kappa shape index (κ2) is 4.97. The number of hydrogen-bond acceptors (Lipinski definition) is 3. The highest BCUT2D eigenvalue weighted by molar-refractivity contribution is 4.93. The summed E-state index contributed by atoms with van der Waals surface area (Å²) < 4.78 is 7.60. The molecule has 1 aliphatic rings. The molecular weight excluding hydrogens is 202 g/mol. The molecule has 0 spiro atoms. The molecule has 2 N–H and O–H groups in total. The molecule has 0 amide bonds. The average Bonchev–Trinajstić information content (AvgIpc) is 2.84. The van der Waals surface area contributed by atoms with Crippen LogP contribution in [-0.2, 0) is 18.2 Å². The van der Waals surface area contributed by atoms with E-state index in [-0.39, 0.29) is 6.04 Å². The van der Waals surface area contributed by atoms with Gasteiger partial charge in [-0.25, -0.2) is 4.98 Å². The zero-order valence-corrected chi connectivity index (χ0v) is 10.1. The molecule has 2 heterocycles. The van der Waals surface area contributed by atoms with E-state index in [1.54, 1.807) is 0 Å². The van der Waals surface area contributed by atoms with Gasteiger partial charge in [-0.3, -0.25) is 0 Å². The van der Waals surface area contributed by atoms with Crippen LogP contribution in [0.1, 0.15) is 25.6 Å². The van der Waals surface area contributed by atoms with Gasteiger partial charge in [0.15, 0.2) is 0 Å². The molecule has 0 aliphatic carbocycles. The zero-order valence-electron chi connectivity index (χ0n) is 10.1. The molecule has 0 aromatic carbocycles. The number of nitrogens with two attached hydrogens (primary N) is 1. The smallest absolute Gasteiger partial charge is 0.108 e. The number of aromatic nitrogens is 2. The van der Waals surface area contributed by atoms with Gasteiger partial charge in [-0.05, 0) is 19.8 Å². The van der Waals surface area contributed by atoms with Crippen molar-refractivity contribution in [1.29, 1.82) is 0 Å².